The van der Waals surface area contributed by atoms with Crippen molar-refractivity contribution in [2.24, 2.45) is 11.3 Å². The zero-order valence-corrected chi connectivity index (χ0v) is 16.3. The van der Waals surface area contributed by atoms with Gasteiger partial charge in [0, 0.05) is 17.5 Å². The smallest absolute Gasteiger partial charge is 0.228 e. The number of carbonyl (C=O) groups excluding carboxylic acids is 1. The zero-order chi connectivity index (χ0) is 20.3. The second kappa shape index (κ2) is 6.35. The molecule has 2 saturated carbocycles. The molecule has 0 atom stereocenters. The van der Waals surface area contributed by atoms with E-state index < -0.39 is 5.82 Å². The lowest BCUT2D eigenvalue weighted by atomic mass is 10.0. The third kappa shape index (κ3) is 3.03. The van der Waals surface area contributed by atoms with E-state index in [2.05, 4.69) is 15.3 Å². The molecule has 3 aromatic heterocycles. The monoisotopic (exact) mass is 405 g/mol. The number of carbonyl (C=O) groups is 1. The van der Waals surface area contributed by atoms with E-state index in [0.717, 1.165) is 43.4 Å². The van der Waals surface area contributed by atoms with Gasteiger partial charge in [-0.25, -0.2) is 14.1 Å². The van der Waals surface area contributed by atoms with Crippen molar-refractivity contribution in [1.29, 1.82) is 0 Å². The van der Waals surface area contributed by atoms with Crippen LogP contribution >= 0.6 is 0 Å². The highest BCUT2D eigenvalue weighted by atomic mass is 19.1. The second-order valence-electron chi connectivity index (χ2n) is 8.53. The van der Waals surface area contributed by atoms with E-state index >= 15 is 0 Å². The van der Waals surface area contributed by atoms with Crippen molar-refractivity contribution in [2.75, 3.05) is 11.9 Å². The minimum Gasteiger partial charge on any atom is -0.477 e. The lowest BCUT2D eigenvalue weighted by molar-refractivity contribution is -0.117. The van der Waals surface area contributed by atoms with Crippen LogP contribution in [0.3, 0.4) is 0 Å². The lowest BCUT2D eigenvalue weighted by Crippen LogP contribution is -2.27. The van der Waals surface area contributed by atoms with Crippen molar-refractivity contribution in [1.82, 2.24) is 19.7 Å². The lowest BCUT2D eigenvalue weighted by Gasteiger charge is -2.24. The van der Waals surface area contributed by atoms with Crippen LogP contribution in [0, 0.1) is 17.2 Å². The number of hydrogen-bond acceptors (Lipinski definition) is 5. The molecule has 7 nitrogen and oxygen atoms in total. The van der Waals surface area contributed by atoms with Crippen LogP contribution in [0.25, 0.3) is 22.5 Å². The molecule has 0 bridgehead atoms. The molecule has 1 aliphatic heterocycles. The highest BCUT2D eigenvalue weighted by Crippen LogP contribution is 2.52. The standard InChI is InChI=1S/C22H20FN5O2/c23-15-3-4-16(25-10-15)19-18(21-28(27-19)11-22(6-7-22)12-30-21)14-5-8-24-17(9-14)26-20(29)13-1-2-13/h3-5,8-10,13H,1-2,6-7,11-12H2,(H,24,26,29). The van der Waals surface area contributed by atoms with Crippen molar-refractivity contribution in [2.45, 2.75) is 32.2 Å². The molecular formula is C22H20FN5O2. The van der Waals surface area contributed by atoms with Crippen molar-refractivity contribution < 1.29 is 13.9 Å². The summed E-state index contributed by atoms with van der Waals surface area (Å²) < 4.78 is 21.5. The fourth-order valence-electron chi connectivity index (χ4n) is 3.95. The van der Waals surface area contributed by atoms with Gasteiger partial charge in [-0.2, -0.15) is 5.10 Å². The third-order valence-corrected chi connectivity index (χ3v) is 6.08. The van der Waals surface area contributed by atoms with Crippen molar-refractivity contribution in [3.63, 3.8) is 0 Å². The van der Waals surface area contributed by atoms with Crippen LogP contribution in [0.4, 0.5) is 10.2 Å². The van der Waals surface area contributed by atoms with Crippen molar-refractivity contribution in [3.8, 4) is 28.4 Å². The SMILES string of the molecule is O=C(Nc1cc(-c2c(-c3ccc(F)cn3)nn3c2OCC2(CC2)C3)ccn1)C1CC1. The Morgan fingerprint density at radius 1 is 1.23 bits per heavy atom. The summed E-state index contributed by atoms with van der Waals surface area (Å²) in [4.78, 5) is 20.7. The molecule has 3 aliphatic rings. The summed E-state index contributed by atoms with van der Waals surface area (Å²) in [6.45, 7) is 1.46. The summed E-state index contributed by atoms with van der Waals surface area (Å²) in [5, 5.41) is 7.68. The second-order valence-corrected chi connectivity index (χ2v) is 8.53. The van der Waals surface area contributed by atoms with Gasteiger partial charge in [-0.15, -0.1) is 0 Å². The number of nitrogens with zero attached hydrogens (tertiary/aromatic N) is 4. The minimum absolute atomic E-state index is 0.00374. The van der Waals surface area contributed by atoms with Crippen LogP contribution in [0.5, 0.6) is 5.88 Å². The Hall–Kier alpha value is -3.29. The minimum atomic E-state index is -0.397. The normalized spacial score (nSPS) is 18.6. The highest BCUT2D eigenvalue weighted by Gasteiger charge is 2.48. The number of ether oxygens (including phenoxy) is 1. The Kier molecular flexibility index (Phi) is 3.72. The van der Waals surface area contributed by atoms with Gasteiger partial charge in [-0.3, -0.25) is 9.78 Å². The Morgan fingerprint density at radius 2 is 2.10 bits per heavy atom. The molecule has 2 aliphatic carbocycles. The molecule has 1 amide bonds. The summed E-state index contributed by atoms with van der Waals surface area (Å²) in [6.07, 6.45) is 6.98. The molecular weight excluding hydrogens is 385 g/mol. The van der Waals surface area contributed by atoms with Crippen LogP contribution < -0.4 is 10.1 Å². The van der Waals surface area contributed by atoms with E-state index in [9.17, 15) is 9.18 Å². The molecule has 8 heteroatoms. The number of halogens is 1. The highest BCUT2D eigenvalue weighted by molar-refractivity contribution is 5.94. The van der Waals surface area contributed by atoms with Gasteiger partial charge >= 0.3 is 0 Å². The van der Waals surface area contributed by atoms with Gasteiger partial charge in [0.15, 0.2) is 0 Å². The number of aromatic nitrogens is 4. The number of nitrogens with one attached hydrogen (secondary N) is 1. The Balaban J connectivity index is 1.45. The molecule has 1 N–H and O–H groups in total. The number of hydrogen-bond donors (Lipinski definition) is 1. The van der Waals surface area contributed by atoms with Gasteiger partial charge in [0.25, 0.3) is 0 Å². The third-order valence-electron chi connectivity index (χ3n) is 6.08. The average Bonchev–Trinajstić information content (AvgIpc) is 3.67. The molecule has 1 spiro atoms. The van der Waals surface area contributed by atoms with E-state index in [-0.39, 0.29) is 17.2 Å². The van der Waals surface area contributed by atoms with E-state index in [1.807, 2.05) is 16.8 Å². The predicted molar refractivity (Wildman–Crippen MR) is 107 cm³/mol. The zero-order valence-electron chi connectivity index (χ0n) is 16.3. The van der Waals surface area contributed by atoms with Crippen LogP contribution in [-0.2, 0) is 11.3 Å². The van der Waals surface area contributed by atoms with Crippen LogP contribution in [0.1, 0.15) is 25.7 Å². The summed E-state index contributed by atoms with van der Waals surface area (Å²) in [5.41, 5.74) is 3.00. The molecule has 2 fully saturated rings. The average molecular weight is 405 g/mol. The molecule has 0 unspecified atom stereocenters. The number of anilines is 1. The number of amides is 1. The molecule has 0 aromatic carbocycles. The molecule has 0 saturated heterocycles. The Bertz CT molecular complexity index is 1150. The van der Waals surface area contributed by atoms with Crippen molar-refractivity contribution in [3.05, 3.63) is 42.5 Å². The Morgan fingerprint density at radius 3 is 2.83 bits per heavy atom. The molecule has 6 rings (SSSR count). The maximum atomic E-state index is 13.4. The molecule has 3 aromatic rings. The van der Waals surface area contributed by atoms with Gasteiger partial charge in [0.05, 0.1) is 30.6 Å². The van der Waals surface area contributed by atoms with Gasteiger partial charge in [-0.1, -0.05) is 0 Å². The Labute approximate surface area is 172 Å². The number of pyridine rings is 2. The van der Waals surface area contributed by atoms with Crippen LogP contribution in [0.2, 0.25) is 0 Å². The molecule has 4 heterocycles. The predicted octanol–water partition coefficient (Wildman–Crippen LogP) is 3.67. The van der Waals surface area contributed by atoms with Crippen LogP contribution in [-0.4, -0.2) is 32.3 Å². The van der Waals surface area contributed by atoms with E-state index in [0.29, 0.717) is 29.7 Å². The van der Waals surface area contributed by atoms with Gasteiger partial charge in [0.2, 0.25) is 11.8 Å². The van der Waals surface area contributed by atoms with E-state index in [4.69, 9.17) is 9.84 Å². The number of fused-ring (bicyclic) bond motifs is 1. The largest absolute Gasteiger partial charge is 0.477 e. The first kappa shape index (κ1) is 17.6. The summed E-state index contributed by atoms with van der Waals surface area (Å²) >= 11 is 0. The topological polar surface area (TPSA) is 81.9 Å². The molecule has 0 radical (unpaired) electrons. The fourth-order valence-corrected chi connectivity index (χ4v) is 3.95. The maximum Gasteiger partial charge on any atom is 0.228 e. The van der Waals surface area contributed by atoms with E-state index in [1.54, 1.807) is 12.3 Å². The maximum absolute atomic E-state index is 13.4. The van der Waals surface area contributed by atoms with Gasteiger partial charge in [-0.05, 0) is 55.5 Å². The molecule has 30 heavy (non-hydrogen) atoms. The quantitative estimate of drug-likeness (QED) is 0.716. The van der Waals surface area contributed by atoms with Gasteiger partial charge in [0.1, 0.15) is 17.3 Å². The molecule has 152 valence electrons. The fraction of sp³-hybridized carbons (Fsp3) is 0.364. The first-order valence-corrected chi connectivity index (χ1v) is 10.2. The van der Waals surface area contributed by atoms with E-state index in [1.165, 1.54) is 12.3 Å². The summed E-state index contributed by atoms with van der Waals surface area (Å²) in [7, 11) is 0. The van der Waals surface area contributed by atoms with Gasteiger partial charge < -0.3 is 10.1 Å². The number of rotatable bonds is 4. The first-order chi connectivity index (χ1) is 14.6. The van der Waals surface area contributed by atoms with Crippen molar-refractivity contribution >= 4 is 11.7 Å². The summed E-state index contributed by atoms with van der Waals surface area (Å²) in [5.74, 6) is 0.878. The van der Waals surface area contributed by atoms with Crippen LogP contribution in [0.15, 0.2) is 36.7 Å². The first-order valence-electron chi connectivity index (χ1n) is 10.2. The summed E-state index contributed by atoms with van der Waals surface area (Å²) in [6, 6.07) is 6.69.